The summed E-state index contributed by atoms with van der Waals surface area (Å²) in [6.45, 7) is 0.193. The molecule has 1 aliphatic heterocycles. The summed E-state index contributed by atoms with van der Waals surface area (Å²) in [5.41, 5.74) is 1.28. The van der Waals surface area contributed by atoms with E-state index in [0.717, 1.165) is 3.57 Å². The summed E-state index contributed by atoms with van der Waals surface area (Å²) < 4.78 is 6.80. The molecule has 2 aromatic rings. The Hall–Kier alpha value is -2.09. The quantitative estimate of drug-likeness (QED) is 0.681. The van der Waals surface area contributed by atoms with Crippen LogP contribution in [0.15, 0.2) is 48.5 Å². The highest BCUT2D eigenvalue weighted by Crippen LogP contribution is 2.34. The van der Waals surface area contributed by atoms with Crippen molar-refractivity contribution >= 4 is 40.1 Å². The van der Waals surface area contributed by atoms with Crippen molar-refractivity contribution in [2.45, 2.75) is 6.10 Å². The van der Waals surface area contributed by atoms with Gasteiger partial charge in [0, 0.05) is 23.2 Å². The zero-order chi connectivity index (χ0) is 17.3. The minimum Gasteiger partial charge on any atom is -0.476 e. The third-order valence-corrected chi connectivity index (χ3v) is 4.48. The average Bonchev–Trinajstić information content (AvgIpc) is 2.59. The zero-order valence-corrected chi connectivity index (χ0v) is 15.6. The second-order valence-corrected chi connectivity index (χ2v) is 6.98. The van der Waals surface area contributed by atoms with Gasteiger partial charge in [-0.05, 0) is 52.9 Å². The van der Waals surface area contributed by atoms with Gasteiger partial charge in [-0.15, -0.1) is 0 Å². The predicted molar refractivity (Wildman–Crippen MR) is 100 cm³/mol. The van der Waals surface area contributed by atoms with Gasteiger partial charge in [-0.25, -0.2) is 0 Å². The maximum atomic E-state index is 13.0. The highest BCUT2D eigenvalue weighted by molar-refractivity contribution is 14.1. The Morgan fingerprint density at radius 3 is 2.62 bits per heavy atom. The Bertz CT molecular complexity index is 791. The fourth-order valence-corrected chi connectivity index (χ4v) is 3.16. The summed E-state index contributed by atoms with van der Waals surface area (Å²) in [5, 5.41) is 0. The molecule has 0 aromatic heterocycles. The lowest BCUT2D eigenvalue weighted by atomic mass is 10.1. The van der Waals surface area contributed by atoms with Crippen molar-refractivity contribution in [1.82, 2.24) is 4.90 Å². The number of ether oxygens (including phenoxy) is 1. The molecule has 124 valence electrons. The van der Waals surface area contributed by atoms with Gasteiger partial charge in [0.2, 0.25) is 0 Å². The fraction of sp³-hybridized carbons (Fsp3) is 0.222. The largest absolute Gasteiger partial charge is 0.476 e. The number of fused-ring (bicyclic) bond motifs is 1. The molecule has 0 saturated carbocycles. The third-order valence-electron chi connectivity index (χ3n) is 3.81. The number of hydrogen-bond acceptors (Lipinski definition) is 3. The standard InChI is InChI=1S/C18H17IN2O3/c1-20(2)18(23)16-11-21(14-8-3-4-9-15(14)24-16)17(22)12-6-5-7-13(19)10-12/h3-10,16H,11H2,1-2H3. The van der Waals surface area contributed by atoms with Gasteiger partial charge in [-0.1, -0.05) is 18.2 Å². The minimum atomic E-state index is -0.707. The first kappa shape index (κ1) is 16.8. The Labute approximate surface area is 154 Å². The van der Waals surface area contributed by atoms with E-state index in [2.05, 4.69) is 22.6 Å². The van der Waals surface area contributed by atoms with Crippen LogP contribution in [-0.4, -0.2) is 43.5 Å². The van der Waals surface area contributed by atoms with Gasteiger partial charge < -0.3 is 14.5 Å². The van der Waals surface area contributed by atoms with Crippen molar-refractivity contribution in [3.63, 3.8) is 0 Å². The Balaban J connectivity index is 1.99. The van der Waals surface area contributed by atoms with E-state index < -0.39 is 6.10 Å². The average molecular weight is 436 g/mol. The third kappa shape index (κ3) is 3.24. The van der Waals surface area contributed by atoms with Gasteiger partial charge in [0.15, 0.2) is 6.10 Å². The van der Waals surface area contributed by atoms with Crippen LogP contribution in [-0.2, 0) is 4.79 Å². The number of rotatable bonds is 2. The normalized spacial score (nSPS) is 16.1. The molecule has 24 heavy (non-hydrogen) atoms. The van der Waals surface area contributed by atoms with Crippen LogP contribution < -0.4 is 9.64 Å². The number of carbonyl (C=O) groups is 2. The molecule has 0 bridgehead atoms. The number of amides is 2. The molecule has 0 fully saturated rings. The zero-order valence-electron chi connectivity index (χ0n) is 13.4. The van der Waals surface area contributed by atoms with Gasteiger partial charge in [-0.3, -0.25) is 9.59 Å². The summed E-state index contributed by atoms with van der Waals surface area (Å²) in [5.74, 6) is 0.244. The van der Waals surface area contributed by atoms with Gasteiger partial charge in [0.1, 0.15) is 5.75 Å². The van der Waals surface area contributed by atoms with Crippen LogP contribution in [0, 0.1) is 3.57 Å². The van der Waals surface area contributed by atoms with Crippen molar-refractivity contribution in [2.24, 2.45) is 0 Å². The Morgan fingerprint density at radius 1 is 1.17 bits per heavy atom. The molecule has 3 rings (SSSR count). The topological polar surface area (TPSA) is 49.9 Å². The Morgan fingerprint density at radius 2 is 1.92 bits per heavy atom. The maximum Gasteiger partial charge on any atom is 0.265 e. The van der Waals surface area contributed by atoms with Crippen molar-refractivity contribution < 1.29 is 14.3 Å². The van der Waals surface area contributed by atoms with Gasteiger partial charge in [-0.2, -0.15) is 0 Å². The molecule has 1 unspecified atom stereocenters. The minimum absolute atomic E-state index is 0.138. The van der Waals surface area contributed by atoms with Crippen LogP contribution in [0.25, 0.3) is 0 Å². The summed E-state index contributed by atoms with van der Waals surface area (Å²) in [4.78, 5) is 28.4. The molecule has 2 amide bonds. The number of para-hydroxylation sites is 2. The molecule has 5 nitrogen and oxygen atoms in total. The first-order valence-electron chi connectivity index (χ1n) is 7.51. The lowest BCUT2D eigenvalue weighted by Gasteiger charge is -2.35. The smallest absolute Gasteiger partial charge is 0.265 e. The van der Waals surface area contributed by atoms with Crippen LogP contribution in [0.4, 0.5) is 5.69 Å². The van der Waals surface area contributed by atoms with Gasteiger partial charge in [0.25, 0.3) is 11.8 Å². The molecule has 0 saturated heterocycles. The summed E-state index contributed by atoms with van der Waals surface area (Å²) >= 11 is 2.18. The second kappa shape index (κ2) is 6.80. The summed E-state index contributed by atoms with van der Waals surface area (Å²) in [6.07, 6.45) is -0.707. The lowest BCUT2D eigenvalue weighted by molar-refractivity contribution is -0.135. The highest BCUT2D eigenvalue weighted by Gasteiger charge is 2.34. The van der Waals surface area contributed by atoms with E-state index in [0.29, 0.717) is 17.0 Å². The van der Waals surface area contributed by atoms with Crippen molar-refractivity contribution in [3.05, 3.63) is 57.7 Å². The molecule has 0 N–H and O–H groups in total. The summed E-state index contributed by atoms with van der Waals surface area (Å²) in [7, 11) is 3.36. The number of nitrogens with zero attached hydrogens (tertiary/aromatic N) is 2. The second-order valence-electron chi connectivity index (χ2n) is 5.73. The number of hydrogen-bond donors (Lipinski definition) is 0. The number of anilines is 1. The number of likely N-dealkylation sites (N-methyl/N-ethyl adjacent to an activating group) is 1. The summed E-state index contributed by atoms with van der Waals surface area (Å²) in [6, 6.07) is 14.7. The molecular weight excluding hydrogens is 419 g/mol. The molecule has 0 radical (unpaired) electrons. The van der Waals surface area contributed by atoms with E-state index in [9.17, 15) is 9.59 Å². The van der Waals surface area contributed by atoms with E-state index in [-0.39, 0.29) is 18.4 Å². The van der Waals surface area contributed by atoms with Crippen LogP contribution in [0.1, 0.15) is 10.4 Å². The van der Waals surface area contributed by atoms with Crippen molar-refractivity contribution in [1.29, 1.82) is 0 Å². The first-order chi connectivity index (χ1) is 11.5. The molecule has 1 heterocycles. The van der Waals surface area contributed by atoms with Crippen LogP contribution >= 0.6 is 22.6 Å². The van der Waals surface area contributed by atoms with Gasteiger partial charge in [0.05, 0.1) is 12.2 Å². The molecule has 0 spiro atoms. The fourth-order valence-electron chi connectivity index (χ4n) is 2.62. The van der Waals surface area contributed by atoms with Crippen molar-refractivity contribution in [3.8, 4) is 5.75 Å². The van der Waals surface area contributed by atoms with E-state index >= 15 is 0 Å². The molecule has 2 aromatic carbocycles. The predicted octanol–water partition coefficient (Wildman–Crippen LogP) is 2.79. The van der Waals surface area contributed by atoms with Crippen LogP contribution in [0.5, 0.6) is 5.75 Å². The van der Waals surface area contributed by atoms with E-state index in [1.165, 1.54) is 4.90 Å². The van der Waals surface area contributed by atoms with E-state index in [1.54, 1.807) is 31.1 Å². The maximum absolute atomic E-state index is 13.0. The van der Waals surface area contributed by atoms with Crippen molar-refractivity contribution in [2.75, 3.05) is 25.5 Å². The monoisotopic (exact) mass is 436 g/mol. The van der Waals surface area contributed by atoms with Crippen LogP contribution in [0.2, 0.25) is 0 Å². The van der Waals surface area contributed by atoms with E-state index in [1.807, 2.05) is 36.4 Å². The van der Waals surface area contributed by atoms with E-state index in [4.69, 9.17) is 4.74 Å². The SMILES string of the molecule is CN(C)C(=O)C1CN(C(=O)c2cccc(I)c2)c2ccccc2O1. The molecule has 1 atom stereocenters. The lowest BCUT2D eigenvalue weighted by Crippen LogP contribution is -2.50. The number of carbonyl (C=O) groups excluding carboxylic acids is 2. The van der Waals surface area contributed by atoms with Crippen LogP contribution in [0.3, 0.4) is 0 Å². The first-order valence-corrected chi connectivity index (χ1v) is 8.59. The van der Waals surface area contributed by atoms with Gasteiger partial charge >= 0.3 is 0 Å². The Kier molecular flexibility index (Phi) is 4.75. The highest BCUT2D eigenvalue weighted by atomic mass is 127. The number of halogens is 1. The number of benzene rings is 2. The molecule has 1 aliphatic rings. The molecular formula is C18H17IN2O3. The molecule has 0 aliphatic carbocycles. The molecule has 6 heteroatoms.